The van der Waals surface area contributed by atoms with Crippen LogP contribution >= 0.6 is 15.9 Å². The Labute approximate surface area is 122 Å². The highest BCUT2D eigenvalue weighted by molar-refractivity contribution is 9.10. The van der Waals surface area contributed by atoms with Gasteiger partial charge in [0.25, 0.3) is 0 Å². The van der Waals surface area contributed by atoms with Crippen LogP contribution in [-0.4, -0.2) is 0 Å². The number of nitrogens with one attached hydrogen (secondary N) is 1. The Morgan fingerprint density at radius 2 is 1.90 bits per heavy atom. The molecule has 6 heteroatoms. The normalized spacial score (nSPS) is 10.2. The number of hydrogen-bond donors (Lipinski definition) is 1. The highest BCUT2D eigenvalue weighted by Crippen LogP contribution is 2.24. The van der Waals surface area contributed by atoms with Gasteiger partial charge in [-0.1, -0.05) is 12.1 Å². The van der Waals surface area contributed by atoms with Gasteiger partial charge in [-0.2, -0.15) is 5.26 Å². The van der Waals surface area contributed by atoms with Crippen molar-refractivity contribution in [3.8, 4) is 6.07 Å². The molecular formula is C14H8BrF3N2. The number of benzene rings is 2. The molecule has 2 nitrogen and oxygen atoms in total. The van der Waals surface area contributed by atoms with E-state index in [2.05, 4.69) is 21.2 Å². The summed E-state index contributed by atoms with van der Waals surface area (Å²) in [7, 11) is 0. The minimum Gasteiger partial charge on any atom is -0.378 e. The second-order valence-corrected chi connectivity index (χ2v) is 4.84. The van der Waals surface area contributed by atoms with Crippen LogP contribution in [0.3, 0.4) is 0 Å². The molecule has 1 N–H and O–H groups in total. The van der Waals surface area contributed by atoms with Crippen LogP contribution in [0, 0.1) is 28.8 Å². The van der Waals surface area contributed by atoms with Gasteiger partial charge >= 0.3 is 0 Å². The van der Waals surface area contributed by atoms with Gasteiger partial charge in [-0.3, -0.25) is 0 Å². The van der Waals surface area contributed by atoms with E-state index in [1.165, 1.54) is 24.3 Å². The second kappa shape index (κ2) is 5.97. The van der Waals surface area contributed by atoms with Gasteiger partial charge in [0.1, 0.15) is 23.5 Å². The fourth-order valence-corrected chi connectivity index (χ4v) is 1.99. The van der Waals surface area contributed by atoms with Crippen LogP contribution in [0.5, 0.6) is 0 Å². The fraction of sp³-hybridized carbons (Fsp3) is 0.0714. The summed E-state index contributed by atoms with van der Waals surface area (Å²) in [5.41, 5.74) is 0.189. The molecule has 20 heavy (non-hydrogen) atoms. The summed E-state index contributed by atoms with van der Waals surface area (Å²) in [4.78, 5) is 0. The summed E-state index contributed by atoms with van der Waals surface area (Å²) in [5, 5.41) is 11.4. The lowest BCUT2D eigenvalue weighted by Gasteiger charge is -2.10. The first kappa shape index (κ1) is 14.4. The number of anilines is 1. The highest BCUT2D eigenvalue weighted by Gasteiger charge is 2.10. The predicted molar refractivity (Wildman–Crippen MR) is 72.5 cm³/mol. The zero-order chi connectivity index (χ0) is 14.7. The summed E-state index contributed by atoms with van der Waals surface area (Å²) in [6.07, 6.45) is 0. The summed E-state index contributed by atoms with van der Waals surface area (Å²) in [6.45, 7) is -0.0175. The van der Waals surface area contributed by atoms with Crippen molar-refractivity contribution in [3.05, 3.63) is 63.4 Å². The highest BCUT2D eigenvalue weighted by atomic mass is 79.9. The van der Waals surface area contributed by atoms with Crippen molar-refractivity contribution >= 4 is 21.6 Å². The fourth-order valence-electron chi connectivity index (χ4n) is 1.65. The van der Waals surface area contributed by atoms with E-state index in [0.717, 1.165) is 6.07 Å². The number of nitrogens with zero attached hydrogens (tertiary/aromatic N) is 1. The van der Waals surface area contributed by atoms with Crippen LogP contribution in [-0.2, 0) is 6.54 Å². The zero-order valence-electron chi connectivity index (χ0n) is 10.1. The Kier molecular flexibility index (Phi) is 4.30. The molecule has 0 atom stereocenters. The van der Waals surface area contributed by atoms with E-state index < -0.39 is 17.5 Å². The van der Waals surface area contributed by atoms with Gasteiger partial charge in [-0.15, -0.1) is 0 Å². The third-order valence-corrected chi connectivity index (χ3v) is 3.29. The Balaban J connectivity index is 2.22. The lowest BCUT2D eigenvalue weighted by molar-refractivity contribution is 0.579. The third-order valence-electron chi connectivity index (χ3n) is 2.68. The molecule has 0 unspecified atom stereocenters. The topological polar surface area (TPSA) is 35.8 Å². The van der Waals surface area contributed by atoms with Crippen LogP contribution in [0.25, 0.3) is 0 Å². The maximum atomic E-state index is 13.8. The van der Waals surface area contributed by atoms with Crippen LogP contribution in [0.4, 0.5) is 18.9 Å². The molecule has 0 aliphatic rings. The van der Waals surface area contributed by atoms with Crippen molar-refractivity contribution in [2.24, 2.45) is 0 Å². The van der Waals surface area contributed by atoms with Gasteiger partial charge in [0.05, 0.1) is 15.7 Å². The van der Waals surface area contributed by atoms with Crippen molar-refractivity contribution < 1.29 is 13.2 Å². The second-order valence-electron chi connectivity index (χ2n) is 3.99. The summed E-state index contributed by atoms with van der Waals surface area (Å²) >= 11 is 2.94. The van der Waals surface area contributed by atoms with E-state index in [0.29, 0.717) is 0 Å². The maximum absolute atomic E-state index is 13.8. The molecule has 0 amide bonds. The van der Waals surface area contributed by atoms with Gasteiger partial charge in [-0.05, 0) is 28.1 Å². The molecule has 2 rings (SSSR count). The van der Waals surface area contributed by atoms with Gasteiger partial charge in [0, 0.05) is 18.2 Å². The van der Waals surface area contributed by atoms with E-state index in [4.69, 9.17) is 5.26 Å². The average Bonchev–Trinajstić information content (AvgIpc) is 2.43. The molecule has 0 radical (unpaired) electrons. The zero-order valence-corrected chi connectivity index (χ0v) is 11.6. The predicted octanol–water partition coefficient (Wildman–Crippen LogP) is 4.35. The van der Waals surface area contributed by atoms with Gasteiger partial charge in [0.2, 0.25) is 0 Å². The van der Waals surface area contributed by atoms with Crippen molar-refractivity contribution in [1.82, 2.24) is 0 Å². The van der Waals surface area contributed by atoms with Crippen molar-refractivity contribution in [3.63, 3.8) is 0 Å². The Morgan fingerprint density at radius 3 is 2.60 bits per heavy atom. The molecule has 0 saturated heterocycles. The lowest BCUT2D eigenvalue weighted by atomic mass is 10.1. The first-order valence-electron chi connectivity index (χ1n) is 5.59. The standard InChI is InChI=1S/C14H8BrF3N2/c15-10-4-13(12(17)5-11(10)16)20-7-9-3-1-2-8(6-19)14(9)18/h1-5,20H,7H2. The Hall–Kier alpha value is -2.00. The van der Waals surface area contributed by atoms with Crippen LogP contribution in [0.1, 0.15) is 11.1 Å². The average molecular weight is 341 g/mol. The largest absolute Gasteiger partial charge is 0.378 e. The number of hydrogen-bond acceptors (Lipinski definition) is 2. The van der Waals surface area contributed by atoms with E-state index in [1.54, 1.807) is 6.07 Å². The molecule has 0 bridgehead atoms. The van der Waals surface area contributed by atoms with Crippen molar-refractivity contribution in [2.75, 3.05) is 5.32 Å². The monoisotopic (exact) mass is 340 g/mol. The van der Waals surface area contributed by atoms with Crippen LogP contribution in [0.2, 0.25) is 0 Å². The molecule has 2 aromatic carbocycles. The molecule has 0 saturated carbocycles. The molecule has 0 aliphatic heterocycles. The lowest BCUT2D eigenvalue weighted by Crippen LogP contribution is -2.05. The summed E-state index contributed by atoms with van der Waals surface area (Å²) < 4.78 is 40.5. The molecule has 2 aromatic rings. The number of halogens is 4. The minimum absolute atomic E-state index is 0.0175. The first-order valence-corrected chi connectivity index (χ1v) is 6.38. The molecule has 102 valence electrons. The maximum Gasteiger partial charge on any atom is 0.149 e. The third kappa shape index (κ3) is 2.94. The number of nitriles is 1. The first-order chi connectivity index (χ1) is 9.52. The molecule has 0 fully saturated rings. The van der Waals surface area contributed by atoms with Crippen LogP contribution < -0.4 is 5.32 Å². The van der Waals surface area contributed by atoms with Gasteiger partial charge < -0.3 is 5.32 Å². The summed E-state index contributed by atoms with van der Waals surface area (Å²) in [6, 6.07) is 8.07. The Bertz CT molecular complexity index is 696. The van der Waals surface area contributed by atoms with E-state index in [1.807, 2.05) is 0 Å². The van der Waals surface area contributed by atoms with Crippen molar-refractivity contribution in [1.29, 1.82) is 5.26 Å². The molecule has 0 spiro atoms. The van der Waals surface area contributed by atoms with Gasteiger partial charge in [0.15, 0.2) is 0 Å². The number of rotatable bonds is 3. The molecule has 0 aromatic heterocycles. The van der Waals surface area contributed by atoms with E-state index in [-0.39, 0.29) is 27.8 Å². The van der Waals surface area contributed by atoms with Gasteiger partial charge in [-0.25, -0.2) is 13.2 Å². The molecular weight excluding hydrogens is 333 g/mol. The van der Waals surface area contributed by atoms with E-state index in [9.17, 15) is 13.2 Å². The summed E-state index contributed by atoms with van der Waals surface area (Å²) in [5.74, 6) is -2.14. The SMILES string of the molecule is N#Cc1cccc(CNc2cc(Br)c(F)cc2F)c1F. The Morgan fingerprint density at radius 1 is 1.15 bits per heavy atom. The van der Waals surface area contributed by atoms with Crippen molar-refractivity contribution in [2.45, 2.75) is 6.54 Å². The molecule has 0 heterocycles. The quantitative estimate of drug-likeness (QED) is 0.843. The molecule has 0 aliphatic carbocycles. The van der Waals surface area contributed by atoms with E-state index >= 15 is 0 Å². The smallest absolute Gasteiger partial charge is 0.149 e. The van der Waals surface area contributed by atoms with Crippen LogP contribution in [0.15, 0.2) is 34.8 Å². The minimum atomic E-state index is -0.775.